The van der Waals surface area contributed by atoms with Crippen LogP contribution in [0.15, 0.2) is 12.1 Å². The lowest BCUT2D eigenvalue weighted by Gasteiger charge is -2.39. The second-order valence-corrected chi connectivity index (χ2v) is 5.47. The Morgan fingerprint density at radius 3 is 2.19 bits per heavy atom. The Labute approximate surface area is 124 Å². The first-order valence-electron chi connectivity index (χ1n) is 7.02. The first kappa shape index (κ1) is 13.7. The fourth-order valence-electron chi connectivity index (χ4n) is 2.54. The molecule has 3 heterocycles. The third-order valence-corrected chi connectivity index (χ3v) is 3.57. The van der Waals surface area contributed by atoms with E-state index in [1.165, 1.54) is 0 Å². The molecule has 0 amide bonds. The van der Waals surface area contributed by atoms with Crippen LogP contribution in [0.25, 0.3) is 0 Å². The number of rotatable bonds is 3. The fraction of sp³-hybridized carbons (Fsp3) is 0.467. The topological polar surface area (TPSA) is 64.0 Å². The number of nitrogens with zero attached hydrogens (tertiary/aromatic N) is 5. The average molecular weight is 285 g/mol. The Hall–Kier alpha value is -2.24. The molecule has 0 aliphatic carbocycles. The number of hydrogen-bond acceptors (Lipinski definition) is 6. The highest BCUT2D eigenvalue weighted by Gasteiger charge is 2.31. The molecule has 1 aliphatic heterocycles. The van der Waals surface area contributed by atoms with E-state index in [1.807, 2.05) is 32.9 Å². The van der Waals surface area contributed by atoms with Crippen LogP contribution in [0.2, 0.25) is 0 Å². The summed E-state index contributed by atoms with van der Waals surface area (Å²) in [6, 6.07) is 4.38. The minimum Gasteiger partial charge on any atom is -0.467 e. The zero-order valence-electron chi connectivity index (χ0n) is 12.8. The van der Waals surface area contributed by atoms with E-state index >= 15 is 0 Å². The Balaban J connectivity index is 1.74. The van der Waals surface area contributed by atoms with Crippen molar-refractivity contribution in [2.75, 3.05) is 25.1 Å². The Kier molecular flexibility index (Phi) is 3.45. The van der Waals surface area contributed by atoms with Crippen LogP contribution >= 0.6 is 0 Å². The maximum absolute atomic E-state index is 5.12. The predicted octanol–water partition coefficient (Wildman–Crippen LogP) is 1.80. The van der Waals surface area contributed by atoms with Crippen LogP contribution in [0.5, 0.6) is 6.01 Å². The molecule has 0 spiro atoms. The lowest BCUT2D eigenvalue weighted by molar-refractivity contribution is 0.377. The highest BCUT2D eigenvalue weighted by atomic mass is 16.5. The molecular formula is C15H19N5O. The van der Waals surface area contributed by atoms with Gasteiger partial charge < -0.3 is 9.64 Å². The molecule has 3 rings (SSSR count). The van der Waals surface area contributed by atoms with Crippen molar-refractivity contribution >= 4 is 5.82 Å². The molecule has 0 bridgehead atoms. The number of aromatic nitrogens is 4. The van der Waals surface area contributed by atoms with Crippen molar-refractivity contribution < 1.29 is 4.74 Å². The highest BCUT2D eigenvalue weighted by molar-refractivity contribution is 5.45. The van der Waals surface area contributed by atoms with E-state index in [1.54, 1.807) is 7.11 Å². The summed E-state index contributed by atoms with van der Waals surface area (Å²) in [6.45, 7) is 7.71. The molecule has 110 valence electrons. The third kappa shape index (κ3) is 2.79. The summed E-state index contributed by atoms with van der Waals surface area (Å²) >= 11 is 0. The molecule has 0 atom stereocenters. The van der Waals surface area contributed by atoms with Gasteiger partial charge in [-0.3, -0.25) is 0 Å². The van der Waals surface area contributed by atoms with Gasteiger partial charge in [-0.1, -0.05) is 0 Å². The average Bonchev–Trinajstić information content (AvgIpc) is 2.35. The van der Waals surface area contributed by atoms with E-state index in [0.29, 0.717) is 11.9 Å². The summed E-state index contributed by atoms with van der Waals surface area (Å²) in [7, 11) is 1.58. The molecule has 0 saturated carbocycles. The number of ether oxygens (including phenoxy) is 1. The van der Waals surface area contributed by atoms with E-state index in [4.69, 9.17) is 4.74 Å². The summed E-state index contributed by atoms with van der Waals surface area (Å²) in [4.78, 5) is 19.9. The van der Waals surface area contributed by atoms with Crippen molar-refractivity contribution in [1.82, 2.24) is 19.9 Å². The summed E-state index contributed by atoms with van der Waals surface area (Å²) in [5.74, 6) is 2.20. The van der Waals surface area contributed by atoms with Gasteiger partial charge >= 0.3 is 6.01 Å². The van der Waals surface area contributed by atoms with Gasteiger partial charge in [-0.2, -0.15) is 4.98 Å². The molecule has 2 aromatic rings. The monoisotopic (exact) mass is 285 g/mol. The summed E-state index contributed by atoms with van der Waals surface area (Å²) in [5, 5.41) is 0. The number of anilines is 1. The van der Waals surface area contributed by atoms with Crippen molar-refractivity contribution in [1.29, 1.82) is 0 Å². The zero-order valence-corrected chi connectivity index (χ0v) is 12.8. The summed E-state index contributed by atoms with van der Waals surface area (Å²) in [6.07, 6.45) is 0. The number of hydrogen-bond donors (Lipinski definition) is 0. The SMILES string of the molecule is COc1nc(C)cc(N2CC(c3nc(C)cc(C)n3)C2)n1. The van der Waals surface area contributed by atoms with Crippen molar-refractivity contribution in [2.24, 2.45) is 0 Å². The molecule has 1 saturated heterocycles. The summed E-state index contributed by atoms with van der Waals surface area (Å²) in [5.41, 5.74) is 2.95. The first-order chi connectivity index (χ1) is 10.0. The lowest BCUT2D eigenvalue weighted by Crippen LogP contribution is -2.46. The second kappa shape index (κ2) is 5.27. The number of methoxy groups -OCH3 is 1. The minimum absolute atomic E-state index is 0.366. The van der Waals surface area contributed by atoms with Gasteiger partial charge in [0.25, 0.3) is 0 Å². The molecule has 21 heavy (non-hydrogen) atoms. The maximum atomic E-state index is 5.12. The predicted molar refractivity (Wildman–Crippen MR) is 79.8 cm³/mol. The Bertz CT molecular complexity index is 647. The molecule has 0 N–H and O–H groups in total. The minimum atomic E-state index is 0.366. The molecule has 1 aliphatic rings. The van der Waals surface area contributed by atoms with Gasteiger partial charge in [0.1, 0.15) is 11.6 Å². The van der Waals surface area contributed by atoms with Crippen LogP contribution in [0.1, 0.15) is 28.8 Å². The molecule has 6 nitrogen and oxygen atoms in total. The van der Waals surface area contributed by atoms with Gasteiger partial charge in [0.2, 0.25) is 0 Å². The molecule has 0 aromatic carbocycles. The zero-order chi connectivity index (χ0) is 15.0. The smallest absolute Gasteiger partial charge is 0.318 e. The molecular weight excluding hydrogens is 266 g/mol. The fourth-order valence-corrected chi connectivity index (χ4v) is 2.54. The van der Waals surface area contributed by atoms with Crippen molar-refractivity contribution in [3.05, 3.63) is 35.0 Å². The third-order valence-electron chi connectivity index (χ3n) is 3.57. The van der Waals surface area contributed by atoms with Crippen molar-refractivity contribution in [3.63, 3.8) is 0 Å². The van der Waals surface area contributed by atoms with Crippen LogP contribution in [-0.2, 0) is 0 Å². The van der Waals surface area contributed by atoms with Crippen LogP contribution in [0, 0.1) is 20.8 Å². The van der Waals surface area contributed by atoms with E-state index in [0.717, 1.165) is 41.8 Å². The largest absolute Gasteiger partial charge is 0.467 e. The van der Waals surface area contributed by atoms with E-state index in [9.17, 15) is 0 Å². The van der Waals surface area contributed by atoms with Crippen LogP contribution in [0.4, 0.5) is 5.82 Å². The Morgan fingerprint density at radius 1 is 0.952 bits per heavy atom. The normalized spacial score (nSPS) is 15.0. The van der Waals surface area contributed by atoms with Crippen LogP contribution in [0.3, 0.4) is 0 Å². The first-order valence-corrected chi connectivity index (χ1v) is 7.02. The molecule has 6 heteroatoms. The molecule has 1 fully saturated rings. The molecule has 0 radical (unpaired) electrons. The molecule has 0 unspecified atom stereocenters. The van der Waals surface area contributed by atoms with Gasteiger partial charge in [-0.25, -0.2) is 15.0 Å². The second-order valence-electron chi connectivity index (χ2n) is 5.47. The van der Waals surface area contributed by atoms with Crippen LogP contribution < -0.4 is 9.64 Å². The van der Waals surface area contributed by atoms with E-state index in [2.05, 4.69) is 24.8 Å². The standard InChI is InChI=1S/C15H19N5O/c1-9-5-10(2)17-14(16-9)12-7-20(8-12)13-6-11(3)18-15(19-13)21-4/h5-6,12H,7-8H2,1-4H3. The summed E-state index contributed by atoms with van der Waals surface area (Å²) < 4.78 is 5.12. The van der Waals surface area contributed by atoms with Gasteiger partial charge in [-0.15, -0.1) is 0 Å². The number of aryl methyl sites for hydroxylation is 3. The molecule has 2 aromatic heterocycles. The van der Waals surface area contributed by atoms with Crippen molar-refractivity contribution in [2.45, 2.75) is 26.7 Å². The van der Waals surface area contributed by atoms with Gasteiger partial charge in [0.05, 0.1) is 13.0 Å². The quantitative estimate of drug-likeness (QED) is 0.857. The van der Waals surface area contributed by atoms with Crippen LogP contribution in [-0.4, -0.2) is 40.1 Å². The van der Waals surface area contributed by atoms with Gasteiger partial charge in [0.15, 0.2) is 0 Å². The van der Waals surface area contributed by atoms with Crippen molar-refractivity contribution in [3.8, 4) is 6.01 Å². The lowest BCUT2D eigenvalue weighted by atomic mass is 9.99. The highest BCUT2D eigenvalue weighted by Crippen LogP contribution is 2.29. The van der Waals surface area contributed by atoms with Gasteiger partial charge in [0, 0.05) is 36.2 Å². The Morgan fingerprint density at radius 2 is 1.57 bits per heavy atom. The van der Waals surface area contributed by atoms with Gasteiger partial charge in [-0.05, 0) is 26.8 Å². The maximum Gasteiger partial charge on any atom is 0.318 e. The van der Waals surface area contributed by atoms with E-state index in [-0.39, 0.29) is 0 Å². The van der Waals surface area contributed by atoms with E-state index < -0.39 is 0 Å².